The Hall–Kier alpha value is -3.27. The number of hydrogen-bond acceptors (Lipinski definition) is 5. The van der Waals surface area contributed by atoms with Crippen LogP contribution in [0.25, 0.3) is 11.0 Å². The molecule has 174 valence electrons. The van der Waals surface area contributed by atoms with E-state index in [4.69, 9.17) is 9.47 Å². The number of amides is 1. The number of rotatable bonds is 5. The minimum atomic E-state index is -4.51. The topological polar surface area (TPSA) is 68.6 Å². The highest BCUT2D eigenvalue weighted by Gasteiger charge is 2.38. The van der Waals surface area contributed by atoms with Gasteiger partial charge in [0.2, 0.25) is 18.5 Å². The van der Waals surface area contributed by atoms with Gasteiger partial charge in [-0.3, -0.25) is 9.69 Å². The van der Waals surface area contributed by atoms with Crippen molar-refractivity contribution in [2.24, 2.45) is 5.92 Å². The normalized spacial score (nSPS) is 16.9. The zero-order valence-corrected chi connectivity index (χ0v) is 17.8. The van der Waals surface area contributed by atoms with Crippen LogP contribution < -0.4 is 14.8 Å². The van der Waals surface area contributed by atoms with Gasteiger partial charge in [-0.2, -0.15) is 13.2 Å². The van der Waals surface area contributed by atoms with Gasteiger partial charge in [0, 0.05) is 18.3 Å². The van der Waals surface area contributed by atoms with Crippen LogP contribution >= 0.6 is 0 Å². The molecule has 0 radical (unpaired) electrons. The standard InChI is InChI=1S/C23H23F3N4O3/c24-23(25,26)22-28-17-3-1-2-4-18(17)30(22)12-15-7-9-29(10-8-15)13-21(31)27-16-5-6-19-20(11-16)33-14-32-19/h1-6,11,15H,7-10,12-14H2,(H,27,31). The predicted molar refractivity (Wildman–Crippen MR) is 115 cm³/mol. The molecule has 5 rings (SSSR count). The van der Waals surface area contributed by atoms with E-state index in [1.807, 2.05) is 4.90 Å². The Bertz CT molecular complexity index is 1170. The zero-order valence-electron chi connectivity index (χ0n) is 17.8. The van der Waals surface area contributed by atoms with E-state index in [0.29, 0.717) is 54.2 Å². The maximum absolute atomic E-state index is 13.5. The highest BCUT2D eigenvalue weighted by atomic mass is 19.4. The fourth-order valence-electron chi connectivity index (χ4n) is 4.44. The highest BCUT2D eigenvalue weighted by molar-refractivity contribution is 5.92. The highest BCUT2D eigenvalue weighted by Crippen LogP contribution is 2.35. The number of hydrogen-bond donors (Lipinski definition) is 1. The fourth-order valence-corrected chi connectivity index (χ4v) is 4.44. The lowest BCUT2D eigenvalue weighted by Gasteiger charge is -2.32. The van der Waals surface area contributed by atoms with Crippen molar-refractivity contribution in [2.75, 3.05) is 31.7 Å². The van der Waals surface area contributed by atoms with E-state index in [0.717, 1.165) is 0 Å². The van der Waals surface area contributed by atoms with Crippen LogP contribution in [0.5, 0.6) is 11.5 Å². The Balaban J connectivity index is 1.18. The molecule has 2 aliphatic rings. The number of halogens is 3. The van der Waals surface area contributed by atoms with E-state index in [1.165, 1.54) is 4.57 Å². The summed E-state index contributed by atoms with van der Waals surface area (Å²) in [6.07, 6.45) is -3.09. The molecule has 1 saturated heterocycles. The summed E-state index contributed by atoms with van der Waals surface area (Å²) >= 11 is 0. The summed E-state index contributed by atoms with van der Waals surface area (Å²) in [6.45, 7) is 1.94. The molecule has 1 amide bonds. The van der Waals surface area contributed by atoms with E-state index in [2.05, 4.69) is 10.3 Å². The summed E-state index contributed by atoms with van der Waals surface area (Å²) in [7, 11) is 0. The van der Waals surface area contributed by atoms with Gasteiger partial charge in [0.25, 0.3) is 0 Å². The van der Waals surface area contributed by atoms with E-state index < -0.39 is 12.0 Å². The van der Waals surface area contributed by atoms with Crippen molar-refractivity contribution in [3.63, 3.8) is 0 Å². The SMILES string of the molecule is O=C(CN1CCC(Cn2c(C(F)(F)F)nc3ccccc32)CC1)Nc1ccc2c(c1)OCO2. The Morgan fingerprint density at radius 1 is 1.09 bits per heavy atom. The molecule has 2 aromatic carbocycles. The number of likely N-dealkylation sites (tertiary alicyclic amines) is 1. The molecule has 0 bridgehead atoms. The van der Waals surface area contributed by atoms with Crippen molar-refractivity contribution in [1.29, 1.82) is 0 Å². The van der Waals surface area contributed by atoms with E-state index in [-0.39, 0.29) is 31.7 Å². The Kier molecular flexibility index (Phi) is 5.61. The molecule has 0 saturated carbocycles. The van der Waals surface area contributed by atoms with Crippen LogP contribution in [0.1, 0.15) is 18.7 Å². The molecular weight excluding hydrogens is 437 g/mol. The van der Waals surface area contributed by atoms with Gasteiger partial charge in [0.15, 0.2) is 11.5 Å². The molecule has 7 nitrogen and oxygen atoms in total. The third kappa shape index (κ3) is 4.61. The minimum absolute atomic E-state index is 0.0804. The molecule has 33 heavy (non-hydrogen) atoms. The molecule has 0 spiro atoms. The zero-order chi connectivity index (χ0) is 23.0. The number of ether oxygens (including phenoxy) is 2. The number of alkyl halides is 3. The maximum atomic E-state index is 13.5. The summed E-state index contributed by atoms with van der Waals surface area (Å²) < 4.78 is 52.5. The largest absolute Gasteiger partial charge is 0.454 e. The molecule has 3 heterocycles. The number of imidazole rings is 1. The van der Waals surface area contributed by atoms with Crippen LogP contribution in [0, 0.1) is 5.92 Å². The minimum Gasteiger partial charge on any atom is -0.454 e. The second-order valence-electron chi connectivity index (χ2n) is 8.37. The summed E-state index contributed by atoms with van der Waals surface area (Å²) in [4.78, 5) is 18.3. The van der Waals surface area contributed by atoms with Crippen molar-refractivity contribution in [1.82, 2.24) is 14.5 Å². The number of carbonyl (C=O) groups is 1. The second kappa shape index (κ2) is 8.58. The lowest BCUT2D eigenvalue weighted by Crippen LogP contribution is -2.40. The van der Waals surface area contributed by atoms with E-state index in [1.54, 1.807) is 42.5 Å². The van der Waals surface area contributed by atoms with Crippen LogP contribution in [-0.2, 0) is 17.5 Å². The number of fused-ring (bicyclic) bond motifs is 2. The van der Waals surface area contributed by atoms with Crippen molar-refractivity contribution in [3.05, 3.63) is 48.3 Å². The number of aromatic nitrogens is 2. The average molecular weight is 460 g/mol. The van der Waals surface area contributed by atoms with Crippen molar-refractivity contribution in [2.45, 2.75) is 25.6 Å². The van der Waals surface area contributed by atoms with Gasteiger partial charge in [0.05, 0.1) is 17.6 Å². The first-order valence-electron chi connectivity index (χ1n) is 10.8. The fraction of sp³-hybridized carbons (Fsp3) is 0.391. The molecule has 2 aliphatic heterocycles. The quantitative estimate of drug-likeness (QED) is 0.620. The number of anilines is 1. The van der Waals surface area contributed by atoms with Gasteiger partial charge in [-0.15, -0.1) is 0 Å². The number of para-hydroxylation sites is 2. The molecule has 3 aromatic rings. The number of nitrogens with zero attached hydrogens (tertiary/aromatic N) is 3. The second-order valence-corrected chi connectivity index (χ2v) is 8.37. The van der Waals surface area contributed by atoms with Gasteiger partial charge in [-0.25, -0.2) is 4.98 Å². The molecule has 0 unspecified atom stereocenters. The van der Waals surface area contributed by atoms with Gasteiger partial charge < -0.3 is 19.4 Å². The number of nitrogens with one attached hydrogen (secondary N) is 1. The van der Waals surface area contributed by atoms with E-state index >= 15 is 0 Å². The van der Waals surface area contributed by atoms with Crippen molar-refractivity contribution < 1.29 is 27.4 Å². The summed E-state index contributed by atoms with van der Waals surface area (Å²) in [5.41, 5.74) is 1.48. The van der Waals surface area contributed by atoms with Crippen LogP contribution in [-0.4, -0.2) is 46.8 Å². The average Bonchev–Trinajstić information content (AvgIpc) is 3.39. The molecule has 1 fully saturated rings. The predicted octanol–water partition coefficient (Wildman–Crippen LogP) is 4.13. The third-order valence-electron chi connectivity index (χ3n) is 6.08. The third-order valence-corrected chi connectivity index (χ3v) is 6.08. The van der Waals surface area contributed by atoms with E-state index in [9.17, 15) is 18.0 Å². The number of carbonyl (C=O) groups excluding carboxylic acids is 1. The monoisotopic (exact) mass is 460 g/mol. The molecule has 10 heteroatoms. The van der Waals surface area contributed by atoms with Crippen LogP contribution in [0.15, 0.2) is 42.5 Å². The Labute approximate surface area is 188 Å². The molecular formula is C23H23F3N4O3. The molecule has 0 aliphatic carbocycles. The van der Waals surface area contributed by atoms with Crippen LogP contribution in [0.4, 0.5) is 18.9 Å². The van der Waals surface area contributed by atoms with Gasteiger partial charge in [-0.05, 0) is 56.1 Å². The van der Waals surface area contributed by atoms with Gasteiger partial charge in [0.1, 0.15) is 0 Å². The first kappa shape index (κ1) is 21.6. The lowest BCUT2D eigenvalue weighted by molar-refractivity contribution is -0.147. The Morgan fingerprint density at radius 3 is 2.64 bits per heavy atom. The number of benzene rings is 2. The lowest BCUT2D eigenvalue weighted by atomic mass is 9.96. The Morgan fingerprint density at radius 2 is 1.85 bits per heavy atom. The molecule has 1 N–H and O–H groups in total. The van der Waals surface area contributed by atoms with Crippen LogP contribution in [0.3, 0.4) is 0 Å². The smallest absolute Gasteiger partial charge is 0.449 e. The van der Waals surface area contributed by atoms with Crippen molar-refractivity contribution in [3.8, 4) is 11.5 Å². The first-order valence-corrected chi connectivity index (χ1v) is 10.8. The summed E-state index contributed by atoms with van der Waals surface area (Å²) in [5, 5.41) is 2.86. The first-order chi connectivity index (χ1) is 15.9. The molecule has 1 aromatic heterocycles. The van der Waals surface area contributed by atoms with Crippen molar-refractivity contribution >= 4 is 22.6 Å². The van der Waals surface area contributed by atoms with Gasteiger partial charge in [-0.1, -0.05) is 12.1 Å². The number of piperidine rings is 1. The van der Waals surface area contributed by atoms with Crippen LogP contribution in [0.2, 0.25) is 0 Å². The molecule has 0 atom stereocenters. The van der Waals surface area contributed by atoms with Gasteiger partial charge >= 0.3 is 6.18 Å². The maximum Gasteiger partial charge on any atom is 0.449 e. The summed E-state index contributed by atoms with van der Waals surface area (Å²) in [5.74, 6) is 0.326. The summed E-state index contributed by atoms with van der Waals surface area (Å²) in [6, 6.07) is 11.9.